The van der Waals surface area contributed by atoms with Crippen LogP contribution in [-0.4, -0.2) is 43.6 Å². The number of rotatable bonds is 9. The molecule has 4 nitrogen and oxygen atoms in total. The van der Waals surface area contributed by atoms with Gasteiger partial charge in [0, 0.05) is 24.4 Å². The highest BCUT2D eigenvalue weighted by Gasteiger charge is 2.54. The molecule has 0 bridgehead atoms. The van der Waals surface area contributed by atoms with Crippen molar-refractivity contribution in [1.29, 1.82) is 0 Å². The number of allylic oxidation sites excluding steroid dienone is 1. The molecule has 2 aliphatic heterocycles. The average molecular weight is 609 g/mol. The number of hydrogen-bond donors (Lipinski definition) is 1. The monoisotopic (exact) mass is 608 g/mol. The lowest BCUT2D eigenvalue weighted by molar-refractivity contribution is -0.371. The van der Waals surface area contributed by atoms with E-state index in [4.69, 9.17) is 13.9 Å². The fourth-order valence-corrected chi connectivity index (χ4v) is 7.49. The van der Waals surface area contributed by atoms with E-state index in [0.717, 1.165) is 38.5 Å². The van der Waals surface area contributed by atoms with Crippen molar-refractivity contribution in [3.05, 3.63) is 10.2 Å². The largest absolute Gasteiger partial charge is 0.414 e. The lowest BCUT2D eigenvalue weighted by atomic mass is 9.75. The zero-order valence-corrected chi connectivity index (χ0v) is 26.7. The first-order chi connectivity index (χ1) is 15.7. The molecule has 0 amide bonds. The van der Waals surface area contributed by atoms with Crippen LogP contribution >= 0.6 is 22.6 Å². The van der Waals surface area contributed by atoms with E-state index < -0.39 is 20.2 Å². The van der Waals surface area contributed by atoms with Crippen LogP contribution in [0, 0.1) is 23.7 Å². The Labute approximate surface area is 225 Å². The van der Waals surface area contributed by atoms with Crippen molar-refractivity contribution in [2.75, 3.05) is 0 Å². The topological polar surface area (TPSA) is 47.9 Å². The van der Waals surface area contributed by atoms with Crippen molar-refractivity contribution in [2.24, 2.45) is 23.7 Å². The first kappa shape index (κ1) is 30.7. The van der Waals surface area contributed by atoms with Crippen LogP contribution in [0.15, 0.2) is 10.2 Å². The van der Waals surface area contributed by atoms with Gasteiger partial charge in [-0.1, -0.05) is 77.1 Å². The van der Waals surface area contributed by atoms with E-state index in [0.29, 0.717) is 11.8 Å². The van der Waals surface area contributed by atoms with Crippen LogP contribution in [0.3, 0.4) is 0 Å². The van der Waals surface area contributed by atoms with Gasteiger partial charge in [0.1, 0.15) is 0 Å². The molecule has 2 heterocycles. The van der Waals surface area contributed by atoms with E-state index in [-0.39, 0.29) is 35.2 Å². The average Bonchev–Trinajstić information content (AvgIpc) is 2.74. The molecule has 1 spiro atoms. The first-order valence-corrected chi connectivity index (χ1v) is 17.8. The van der Waals surface area contributed by atoms with E-state index >= 15 is 0 Å². The molecule has 0 radical (unpaired) electrons. The van der Waals surface area contributed by atoms with E-state index in [1.807, 2.05) is 0 Å². The first-order valence-electron chi connectivity index (χ1n) is 13.7. The standard InChI is InChI=1S/C28H53IO4Si/c1-11-23(15-17-29)12-13-24-21(4)26(30)22(5)28(31-24)16-14-19(2)25(32-28)18-20(3)33-34(9,10)27(6,7)8/h15,17,19-26,30H,11-14,16,18H2,1-10H3/b17-15+/t19-,20+,21+,22+,23-,24-,25-,26+,28-/m0/s1. The summed E-state index contributed by atoms with van der Waals surface area (Å²) in [6.45, 7) is 22.5. The highest BCUT2D eigenvalue weighted by molar-refractivity contribution is 14.1. The van der Waals surface area contributed by atoms with E-state index in [1.54, 1.807) is 0 Å². The SMILES string of the molecule is CC[C@H](/C=C/I)CC[C@@H]1O[C@]2(CC[C@H](C)[C@H](C[C@@H](C)O[Si](C)(C)C(C)(C)C)O2)[C@H](C)[C@H](O)[C@@H]1C. The molecule has 1 N–H and O–H groups in total. The molecule has 0 saturated carbocycles. The summed E-state index contributed by atoms with van der Waals surface area (Å²) < 4.78 is 22.5. The Morgan fingerprint density at radius 2 is 1.79 bits per heavy atom. The van der Waals surface area contributed by atoms with E-state index in [2.05, 4.69) is 101 Å². The Kier molecular flexibility index (Phi) is 11.2. The van der Waals surface area contributed by atoms with Gasteiger partial charge in [0.25, 0.3) is 0 Å². The summed E-state index contributed by atoms with van der Waals surface area (Å²) in [7, 11) is -1.83. The highest BCUT2D eigenvalue weighted by atomic mass is 127. The van der Waals surface area contributed by atoms with Crippen molar-refractivity contribution in [3.8, 4) is 0 Å². The minimum absolute atomic E-state index is 0.0258. The van der Waals surface area contributed by atoms with Gasteiger partial charge in [0.05, 0.1) is 18.3 Å². The number of hydrogen-bond acceptors (Lipinski definition) is 4. The van der Waals surface area contributed by atoms with Crippen molar-refractivity contribution >= 4 is 30.9 Å². The Morgan fingerprint density at radius 1 is 1.18 bits per heavy atom. The van der Waals surface area contributed by atoms with Gasteiger partial charge in [-0.25, -0.2) is 0 Å². The summed E-state index contributed by atoms with van der Waals surface area (Å²) in [6.07, 6.45) is 8.11. The molecule has 2 rings (SSSR count). The Balaban J connectivity index is 2.14. The number of aliphatic hydroxyl groups excluding tert-OH is 1. The number of aliphatic hydroxyl groups is 1. The van der Waals surface area contributed by atoms with Crippen LogP contribution in [0.1, 0.15) is 93.9 Å². The minimum Gasteiger partial charge on any atom is -0.414 e. The van der Waals surface area contributed by atoms with Crippen molar-refractivity contribution < 1.29 is 19.0 Å². The molecule has 6 heteroatoms. The summed E-state index contributed by atoms with van der Waals surface area (Å²) in [4.78, 5) is 0. The van der Waals surface area contributed by atoms with Crippen LogP contribution in [0.4, 0.5) is 0 Å². The summed E-state index contributed by atoms with van der Waals surface area (Å²) in [5, 5.41) is 11.4. The van der Waals surface area contributed by atoms with Gasteiger partial charge in [-0.05, 0) is 73.1 Å². The Hall–Kier alpha value is 0.527. The molecule has 0 aromatic carbocycles. The van der Waals surface area contributed by atoms with Crippen LogP contribution in [-0.2, 0) is 13.9 Å². The maximum Gasteiger partial charge on any atom is 0.192 e. The van der Waals surface area contributed by atoms with E-state index in [9.17, 15) is 5.11 Å². The molecule has 200 valence electrons. The molecular formula is C28H53IO4Si. The van der Waals surface area contributed by atoms with Crippen molar-refractivity contribution in [2.45, 2.75) is 142 Å². The van der Waals surface area contributed by atoms with Gasteiger partial charge in [0.2, 0.25) is 0 Å². The van der Waals surface area contributed by atoms with Crippen LogP contribution in [0.25, 0.3) is 0 Å². The lowest BCUT2D eigenvalue weighted by Gasteiger charge is -2.55. The van der Waals surface area contributed by atoms with Gasteiger partial charge >= 0.3 is 0 Å². The van der Waals surface area contributed by atoms with Crippen LogP contribution < -0.4 is 0 Å². The highest BCUT2D eigenvalue weighted by Crippen LogP contribution is 2.48. The predicted octanol–water partition coefficient (Wildman–Crippen LogP) is 8.09. The fraction of sp³-hybridized carbons (Fsp3) is 0.929. The molecule has 0 aromatic rings. The van der Waals surface area contributed by atoms with Crippen LogP contribution in [0.5, 0.6) is 0 Å². The predicted molar refractivity (Wildman–Crippen MR) is 154 cm³/mol. The molecular weight excluding hydrogens is 555 g/mol. The van der Waals surface area contributed by atoms with Crippen molar-refractivity contribution in [3.63, 3.8) is 0 Å². The van der Waals surface area contributed by atoms with Gasteiger partial charge in [0.15, 0.2) is 14.1 Å². The third-order valence-corrected chi connectivity index (χ3v) is 14.2. The number of halogens is 1. The molecule has 2 fully saturated rings. The quantitative estimate of drug-likeness (QED) is 0.212. The molecule has 2 aliphatic rings. The molecule has 34 heavy (non-hydrogen) atoms. The van der Waals surface area contributed by atoms with Crippen LogP contribution in [0.2, 0.25) is 18.1 Å². The van der Waals surface area contributed by atoms with E-state index in [1.165, 1.54) is 0 Å². The van der Waals surface area contributed by atoms with Crippen molar-refractivity contribution in [1.82, 2.24) is 0 Å². The normalized spacial score (nSPS) is 37.3. The maximum absolute atomic E-state index is 11.2. The summed E-state index contributed by atoms with van der Waals surface area (Å²) in [6, 6.07) is 0. The Bertz CT molecular complexity index is 663. The Morgan fingerprint density at radius 3 is 2.35 bits per heavy atom. The second-order valence-corrected chi connectivity index (χ2v) is 18.2. The minimum atomic E-state index is -1.83. The smallest absolute Gasteiger partial charge is 0.192 e. The summed E-state index contributed by atoms with van der Waals surface area (Å²) >= 11 is 2.31. The zero-order valence-electron chi connectivity index (χ0n) is 23.6. The lowest BCUT2D eigenvalue weighted by Crippen LogP contribution is -2.61. The molecule has 0 unspecified atom stereocenters. The summed E-state index contributed by atoms with van der Waals surface area (Å²) in [5.41, 5.74) is 0. The van der Waals surface area contributed by atoms with Gasteiger partial charge in [-0.2, -0.15) is 0 Å². The molecule has 2 saturated heterocycles. The van der Waals surface area contributed by atoms with Gasteiger partial charge < -0.3 is 19.0 Å². The number of ether oxygens (including phenoxy) is 2. The molecule has 9 atom stereocenters. The molecule has 0 aliphatic carbocycles. The van der Waals surface area contributed by atoms with Gasteiger partial charge in [-0.3, -0.25) is 0 Å². The molecule has 0 aromatic heterocycles. The second-order valence-electron chi connectivity index (χ2n) is 12.8. The summed E-state index contributed by atoms with van der Waals surface area (Å²) in [5.74, 6) is 0.407. The zero-order chi connectivity index (χ0) is 25.9. The second kappa shape index (κ2) is 12.4. The fourth-order valence-electron chi connectivity index (χ4n) is 5.45. The third kappa shape index (κ3) is 7.30. The van der Waals surface area contributed by atoms with Gasteiger partial charge in [-0.15, -0.1) is 0 Å². The maximum atomic E-state index is 11.2. The third-order valence-electron chi connectivity index (χ3n) is 9.17.